The first-order chi connectivity index (χ1) is 6.74. The molecule has 2 rings (SSSR count). The van der Waals surface area contributed by atoms with E-state index in [4.69, 9.17) is 0 Å². The lowest BCUT2D eigenvalue weighted by Gasteiger charge is -2.37. The highest BCUT2D eigenvalue weighted by Crippen LogP contribution is 2.36. The number of carbonyl (C=O) groups excluding carboxylic acids is 1. The molecule has 0 spiro atoms. The molecule has 2 fully saturated rings. The van der Waals surface area contributed by atoms with Crippen molar-refractivity contribution in [1.29, 1.82) is 0 Å². The second-order valence-electron chi connectivity index (χ2n) is 4.54. The van der Waals surface area contributed by atoms with E-state index in [1.165, 1.54) is 0 Å². The van der Waals surface area contributed by atoms with Gasteiger partial charge in [0.05, 0.1) is 6.67 Å². The highest BCUT2D eigenvalue weighted by Gasteiger charge is 2.43. The maximum atomic E-state index is 12.1. The largest absolute Gasteiger partial charge is 0.299 e. The van der Waals surface area contributed by atoms with E-state index >= 15 is 0 Å². The summed E-state index contributed by atoms with van der Waals surface area (Å²) in [5, 5.41) is 0. The van der Waals surface area contributed by atoms with Crippen LogP contribution < -0.4 is 0 Å². The molecular formula is C11H18FNO. The summed E-state index contributed by atoms with van der Waals surface area (Å²) < 4.78 is 12.1. The summed E-state index contributed by atoms with van der Waals surface area (Å²) >= 11 is 0. The highest BCUT2D eigenvalue weighted by molar-refractivity contribution is 5.83. The van der Waals surface area contributed by atoms with Gasteiger partial charge in [0.2, 0.25) is 0 Å². The van der Waals surface area contributed by atoms with Crippen LogP contribution in [-0.4, -0.2) is 36.0 Å². The van der Waals surface area contributed by atoms with Crippen molar-refractivity contribution >= 4 is 5.78 Å². The number of piperidine rings is 1. The number of hydrogen-bond donors (Lipinski definition) is 0. The van der Waals surface area contributed by atoms with Crippen LogP contribution in [0.4, 0.5) is 4.39 Å². The fourth-order valence-electron chi connectivity index (χ4n) is 2.95. The van der Waals surface area contributed by atoms with E-state index in [0.717, 1.165) is 19.4 Å². The maximum Gasteiger partial charge on any atom is 0.138 e. The first-order valence-electron chi connectivity index (χ1n) is 5.58. The van der Waals surface area contributed by atoms with Gasteiger partial charge in [-0.1, -0.05) is 6.92 Å². The summed E-state index contributed by atoms with van der Waals surface area (Å²) in [6.45, 7) is 2.62. The summed E-state index contributed by atoms with van der Waals surface area (Å²) in [5.41, 5.74) is 0. The van der Waals surface area contributed by atoms with E-state index in [2.05, 4.69) is 4.90 Å². The normalized spacial score (nSPS) is 37.9. The zero-order chi connectivity index (χ0) is 10.1. The van der Waals surface area contributed by atoms with Crippen molar-refractivity contribution in [2.45, 2.75) is 44.7 Å². The van der Waals surface area contributed by atoms with Crippen LogP contribution in [0.25, 0.3) is 0 Å². The Kier molecular flexibility index (Phi) is 2.86. The fraction of sp³-hybridized carbons (Fsp3) is 0.909. The van der Waals surface area contributed by atoms with Gasteiger partial charge in [-0.15, -0.1) is 0 Å². The third kappa shape index (κ3) is 1.58. The third-order valence-electron chi connectivity index (χ3n) is 3.76. The van der Waals surface area contributed by atoms with Gasteiger partial charge in [0.25, 0.3) is 0 Å². The Morgan fingerprint density at radius 3 is 3.00 bits per heavy atom. The molecule has 0 unspecified atom stereocenters. The number of fused-ring (bicyclic) bond motifs is 2. The molecule has 0 aromatic carbocycles. The molecule has 0 aliphatic carbocycles. The van der Waals surface area contributed by atoms with Gasteiger partial charge in [-0.25, -0.2) is 0 Å². The lowest BCUT2D eigenvalue weighted by Crippen LogP contribution is -2.48. The van der Waals surface area contributed by atoms with E-state index in [-0.39, 0.29) is 12.6 Å². The van der Waals surface area contributed by atoms with Gasteiger partial charge in [-0.3, -0.25) is 14.1 Å². The van der Waals surface area contributed by atoms with Gasteiger partial charge in [-0.2, -0.15) is 0 Å². The Bertz CT molecular complexity index is 231. The van der Waals surface area contributed by atoms with Crippen molar-refractivity contribution in [1.82, 2.24) is 4.90 Å². The Morgan fingerprint density at radius 2 is 2.29 bits per heavy atom. The van der Waals surface area contributed by atoms with Crippen molar-refractivity contribution in [3.8, 4) is 0 Å². The molecule has 80 valence electrons. The van der Waals surface area contributed by atoms with Crippen LogP contribution in [0.5, 0.6) is 0 Å². The van der Waals surface area contributed by atoms with Crippen LogP contribution in [0.2, 0.25) is 0 Å². The molecule has 0 aromatic rings. The van der Waals surface area contributed by atoms with Gasteiger partial charge in [-0.05, 0) is 19.3 Å². The van der Waals surface area contributed by atoms with Crippen LogP contribution in [0.15, 0.2) is 0 Å². The average molecular weight is 199 g/mol. The number of nitrogens with zero attached hydrogens (tertiary/aromatic N) is 1. The number of Topliss-reactive ketones (excluding diaryl/α,β-unsaturated/α-hetero) is 1. The van der Waals surface area contributed by atoms with Crippen LogP contribution in [0.3, 0.4) is 0 Å². The molecule has 0 radical (unpaired) electrons. The number of halogens is 1. The zero-order valence-electron chi connectivity index (χ0n) is 8.71. The summed E-state index contributed by atoms with van der Waals surface area (Å²) in [6.07, 6.45) is 3.58. The minimum atomic E-state index is -0.238. The number of ketones is 1. The molecule has 0 amide bonds. The standard InChI is InChI=1S/C11H18FNO/c1-8-10-4-3-9(7-11(8)14)13(10)6-2-5-12/h8-10H,2-7H2,1H3/t8-,9+,10-/m1/s1. The van der Waals surface area contributed by atoms with Crippen LogP contribution in [-0.2, 0) is 4.79 Å². The van der Waals surface area contributed by atoms with Crippen LogP contribution >= 0.6 is 0 Å². The van der Waals surface area contributed by atoms with Crippen molar-refractivity contribution in [2.24, 2.45) is 5.92 Å². The van der Waals surface area contributed by atoms with Crippen molar-refractivity contribution in [3.05, 3.63) is 0 Å². The second kappa shape index (κ2) is 3.97. The van der Waals surface area contributed by atoms with Crippen LogP contribution in [0, 0.1) is 5.92 Å². The van der Waals surface area contributed by atoms with Crippen molar-refractivity contribution < 1.29 is 9.18 Å². The number of carbonyl (C=O) groups is 1. The maximum absolute atomic E-state index is 12.1. The van der Waals surface area contributed by atoms with Gasteiger partial charge < -0.3 is 0 Å². The molecule has 2 saturated heterocycles. The zero-order valence-corrected chi connectivity index (χ0v) is 8.71. The summed E-state index contributed by atoms with van der Waals surface area (Å²) in [5.74, 6) is 0.586. The topological polar surface area (TPSA) is 20.3 Å². The Labute approximate surface area is 84.5 Å². The SMILES string of the molecule is C[C@H]1C(=O)C[C@@H]2CC[C@H]1N2CCCF. The molecule has 3 atom stereocenters. The Morgan fingerprint density at radius 1 is 1.50 bits per heavy atom. The van der Waals surface area contributed by atoms with E-state index in [1.807, 2.05) is 6.92 Å². The Balaban J connectivity index is 2.02. The van der Waals surface area contributed by atoms with E-state index in [9.17, 15) is 9.18 Å². The molecule has 2 nitrogen and oxygen atoms in total. The molecule has 2 aliphatic heterocycles. The summed E-state index contributed by atoms with van der Waals surface area (Å²) in [4.78, 5) is 13.9. The van der Waals surface area contributed by atoms with Crippen molar-refractivity contribution in [3.63, 3.8) is 0 Å². The predicted octanol–water partition coefficient (Wildman–Crippen LogP) is 1.79. The third-order valence-corrected chi connectivity index (χ3v) is 3.76. The highest BCUT2D eigenvalue weighted by atomic mass is 19.1. The van der Waals surface area contributed by atoms with E-state index in [1.54, 1.807) is 0 Å². The number of rotatable bonds is 3. The lowest BCUT2D eigenvalue weighted by atomic mass is 9.90. The van der Waals surface area contributed by atoms with Gasteiger partial charge >= 0.3 is 0 Å². The molecule has 3 heteroatoms. The molecule has 0 aromatic heterocycles. The van der Waals surface area contributed by atoms with Gasteiger partial charge in [0.1, 0.15) is 5.78 Å². The van der Waals surface area contributed by atoms with Crippen LogP contribution in [0.1, 0.15) is 32.6 Å². The lowest BCUT2D eigenvalue weighted by molar-refractivity contribution is -0.128. The second-order valence-corrected chi connectivity index (χ2v) is 4.54. The molecule has 14 heavy (non-hydrogen) atoms. The van der Waals surface area contributed by atoms with Crippen molar-refractivity contribution in [2.75, 3.05) is 13.2 Å². The molecule has 2 heterocycles. The van der Waals surface area contributed by atoms with Gasteiger partial charge in [0.15, 0.2) is 0 Å². The molecule has 0 N–H and O–H groups in total. The van der Waals surface area contributed by atoms with E-state index in [0.29, 0.717) is 30.7 Å². The molecule has 0 saturated carbocycles. The quantitative estimate of drug-likeness (QED) is 0.690. The molecular weight excluding hydrogens is 181 g/mol. The van der Waals surface area contributed by atoms with E-state index < -0.39 is 0 Å². The predicted molar refractivity (Wildman–Crippen MR) is 52.9 cm³/mol. The summed E-state index contributed by atoms with van der Waals surface area (Å²) in [7, 11) is 0. The molecule has 2 bridgehead atoms. The molecule has 2 aliphatic rings. The number of alkyl halides is 1. The smallest absolute Gasteiger partial charge is 0.138 e. The summed E-state index contributed by atoms with van der Waals surface area (Å²) in [6, 6.07) is 0.836. The first-order valence-corrected chi connectivity index (χ1v) is 5.58. The number of hydrogen-bond acceptors (Lipinski definition) is 2. The first kappa shape index (κ1) is 10.1. The minimum absolute atomic E-state index is 0.174. The fourth-order valence-corrected chi connectivity index (χ4v) is 2.95. The monoisotopic (exact) mass is 199 g/mol. The Hall–Kier alpha value is -0.440. The minimum Gasteiger partial charge on any atom is -0.299 e. The average Bonchev–Trinajstić information content (AvgIpc) is 2.49. The van der Waals surface area contributed by atoms with Gasteiger partial charge in [0, 0.05) is 31.0 Å².